The first kappa shape index (κ1) is 15.8. The Morgan fingerprint density at radius 1 is 1.38 bits per heavy atom. The van der Waals surface area contributed by atoms with Crippen LogP contribution in [0.1, 0.15) is 24.8 Å². The number of benzene rings is 1. The van der Waals surface area contributed by atoms with Crippen molar-refractivity contribution in [3.63, 3.8) is 0 Å². The quantitative estimate of drug-likeness (QED) is 0.504. The van der Waals surface area contributed by atoms with Gasteiger partial charge in [-0.1, -0.05) is 0 Å². The van der Waals surface area contributed by atoms with Gasteiger partial charge in [0.15, 0.2) is 11.5 Å². The van der Waals surface area contributed by atoms with Gasteiger partial charge in [0.25, 0.3) is 5.69 Å². The molecule has 0 bridgehead atoms. The molecule has 9 nitrogen and oxygen atoms in total. The number of nitrogens with one attached hydrogen (secondary N) is 1. The second kappa shape index (κ2) is 5.84. The summed E-state index contributed by atoms with van der Waals surface area (Å²) >= 11 is 0. The van der Waals surface area contributed by atoms with Crippen molar-refractivity contribution in [3.05, 3.63) is 39.1 Å². The topological polar surface area (TPSA) is 117 Å². The lowest BCUT2D eigenvalue weighted by molar-refractivity contribution is -0.385. The number of carbonyl (C=O) groups excluding carboxylic acids is 2. The molecule has 3 rings (SSSR count). The number of esters is 1. The SMILES string of the molecule is COC(=O)C1=C(C)NC(=O)C[C@H]1c1cc2c(cc1[N+](=O)[O-])OCO2. The number of fused-ring (bicyclic) bond motifs is 1. The Morgan fingerprint density at radius 2 is 2.04 bits per heavy atom. The molecule has 0 aliphatic carbocycles. The Bertz CT molecular complexity index is 784. The maximum absolute atomic E-state index is 12.1. The van der Waals surface area contributed by atoms with E-state index in [1.807, 2.05) is 0 Å². The van der Waals surface area contributed by atoms with Crippen LogP contribution >= 0.6 is 0 Å². The molecule has 2 heterocycles. The van der Waals surface area contributed by atoms with Crippen molar-refractivity contribution in [2.75, 3.05) is 13.9 Å². The van der Waals surface area contributed by atoms with Gasteiger partial charge in [-0.05, 0) is 13.0 Å². The number of methoxy groups -OCH3 is 1. The molecule has 0 radical (unpaired) electrons. The number of allylic oxidation sites excluding steroid dienone is 1. The molecule has 0 fully saturated rings. The van der Waals surface area contributed by atoms with E-state index in [0.29, 0.717) is 11.4 Å². The standard InChI is InChI=1S/C15H14N2O7/c1-7-14(15(19)22-2)9(4-13(18)16-7)8-3-11-12(24-6-23-11)5-10(8)17(20)21/h3,5,9H,4,6H2,1-2H3,(H,16,18)/t9-/m0/s1. The Hall–Kier alpha value is -3.10. The molecule has 9 heteroatoms. The molecular formula is C15H14N2O7. The summed E-state index contributed by atoms with van der Waals surface area (Å²) in [5.41, 5.74) is 0.459. The number of ether oxygens (including phenoxy) is 3. The molecule has 0 saturated heterocycles. The van der Waals surface area contributed by atoms with Crippen LogP contribution in [-0.2, 0) is 14.3 Å². The summed E-state index contributed by atoms with van der Waals surface area (Å²) < 4.78 is 15.2. The Kier molecular flexibility index (Phi) is 3.84. The fourth-order valence-electron chi connectivity index (χ4n) is 2.93. The van der Waals surface area contributed by atoms with E-state index in [1.165, 1.54) is 19.2 Å². The van der Waals surface area contributed by atoms with Crippen LogP contribution in [0.4, 0.5) is 5.69 Å². The third kappa shape index (κ3) is 2.53. The van der Waals surface area contributed by atoms with Gasteiger partial charge in [-0.25, -0.2) is 4.79 Å². The van der Waals surface area contributed by atoms with Gasteiger partial charge in [0.05, 0.1) is 23.7 Å². The second-order valence-corrected chi connectivity index (χ2v) is 5.36. The Morgan fingerprint density at radius 3 is 2.67 bits per heavy atom. The van der Waals surface area contributed by atoms with Crippen molar-refractivity contribution in [2.45, 2.75) is 19.3 Å². The van der Waals surface area contributed by atoms with E-state index in [2.05, 4.69) is 5.32 Å². The van der Waals surface area contributed by atoms with Crippen LogP contribution in [0.5, 0.6) is 11.5 Å². The van der Waals surface area contributed by atoms with E-state index in [4.69, 9.17) is 14.2 Å². The molecule has 2 aliphatic rings. The lowest BCUT2D eigenvalue weighted by Gasteiger charge is -2.26. The highest BCUT2D eigenvalue weighted by atomic mass is 16.7. The first-order valence-electron chi connectivity index (χ1n) is 7.09. The highest BCUT2D eigenvalue weighted by Gasteiger charge is 2.37. The normalized spacial score (nSPS) is 19.1. The average molecular weight is 334 g/mol. The smallest absolute Gasteiger partial charge is 0.336 e. The van der Waals surface area contributed by atoms with Crippen LogP contribution < -0.4 is 14.8 Å². The monoisotopic (exact) mass is 334 g/mol. The zero-order chi connectivity index (χ0) is 17.4. The Balaban J connectivity index is 2.19. The van der Waals surface area contributed by atoms with Crippen molar-refractivity contribution in [3.8, 4) is 11.5 Å². The predicted molar refractivity (Wildman–Crippen MR) is 79.4 cm³/mol. The molecule has 2 aliphatic heterocycles. The molecular weight excluding hydrogens is 320 g/mol. The fourth-order valence-corrected chi connectivity index (χ4v) is 2.93. The molecule has 126 valence electrons. The Labute approximate surface area is 136 Å². The summed E-state index contributed by atoms with van der Waals surface area (Å²) in [5.74, 6) is -1.20. The van der Waals surface area contributed by atoms with Gasteiger partial charge in [-0.2, -0.15) is 0 Å². The maximum Gasteiger partial charge on any atom is 0.336 e. The summed E-state index contributed by atoms with van der Waals surface area (Å²) in [6.45, 7) is 1.51. The molecule has 1 N–H and O–H groups in total. The van der Waals surface area contributed by atoms with Crippen LogP contribution in [0.15, 0.2) is 23.4 Å². The molecule has 0 saturated carbocycles. The first-order valence-corrected chi connectivity index (χ1v) is 7.09. The third-order valence-electron chi connectivity index (χ3n) is 3.97. The van der Waals surface area contributed by atoms with Crippen LogP contribution in [0, 0.1) is 10.1 Å². The molecule has 1 atom stereocenters. The minimum absolute atomic E-state index is 0.0418. The largest absolute Gasteiger partial charge is 0.466 e. The molecule has 0 unspecified atom stereocenters. The molecule has 1 amide bonds. The summed E-state index contributed by atoms with van der Waals surface area (Å²) in [5, 5.41) is 14.0. The van der Waals surface area contributed by atoms with Crippen molar-refractivity contribution in [2.24, 2.45) is 0 Å². The first-order chi connectivity index (χ1) is 11.4. The van der Waals surface area contributed by atoms with Gasteiger partial charge in [0.2, 0.25) is 12.7 Å². The molecule has 1 aromatic rings. The van der Waals surface area contributed by atoms with Crippen LogP contribution in [0.2, 0.25) is 0 Å². The fraction of sp³-hybridized carbons (Fsp3) is 0.333. The number of rotatable bonds is 3. The number of carbonyl (C=O) groups is 2. The zero-order valence-electron chi connectivity index (χ0n) is 13.0. The molecule has 0 aromatic heterocycles. The molecule has 1 aromatic carbocycles. The third-order valence-corrected chi connectivity index (χ3v) is 3.97. The van der Waals surface area contributed by atoms with E-state index in [1.54, 1.807) is 6.92 Å². The average Bonchev–Trinajstić information content (AvgIpc) is 2.99. The van der Waals surface area contributed by atoms with Gasteiger partial charge in [0, 0.05) is 23.6 Å². The van der Waals surface area contributed by atoms with E-state index >= 15 is 0 Å². The van der Waals surface area contributed by atoms with Crippen LogP contribution in [-0.4, -0.2) is 30.7 Å². The lowest BCUT2D eigenvalue weighted by atomic mass is 9.83. The lowest BCUT2D eigenvalue weighted by Crippen LogP contribution is -2.34. The van der Waals surface area contributed by atoms with Crippen molar-refractivity contribution in [1.29, 1.82) is 0 Å². The van der Waals surface area contributed by atoms with Crippen LogP contribution in [0.3, 0.4) is 0 Å². The zero-order valence-corrected chi connectivity index (χ0v) is 13.0. The van der Waals surface area contributed by atoms with Gasteiger partial charge in [0.1, 0.15) is 0 Å². The number of hydrogen-bond acceptors (Lipinski definition) is 7. The maximum atomic E-state index is 12.1. The van der Waals surface area contributed by atoms with Crippen LogP contribution in [0.25, 0.3) is 0 Å². The number of nitro groups is 1. The van der Waals surface area contributed by atoms with E-state index in [-0.39, 0.29) is 41.7 Å². The van der Waals surface area contributed by atoms with Crippen molar-refractivity contribution < 1.29 is 28.7 Å². The minimum atomic E-state index is -0.805. The van der Waals surface area contributed by atoms with Crippen molar-refractivity contribution in [1.82, 2.24) is 5.32 Å². The summed E-state index contributed by atoms with van der Waals surface area (Å²) in [6, 6.07) is 2.69. The summed E-state index contributed by atoms with van der Waals surface area (Å²) in [7, 11) is 1.21. The minimum Gasteiger partial charge on any atom is -0.466 e. The highest BCUT2D eigenvalue weighted by molar-refractivity contribution is 5.96. The van der Waals surface area contributed by atoms with E-state index in [9.17, 15) is 19.7 Å². The summed E-state index contributed by atoms with van der Waals surface area (Å²) in [6.07, 6.45) is -0.109. The summed E-state index contributed by atoms with van der Waals surface area (Å²) in [4.78, 5) is 34.9. The van der Waals surface area contributed by atoms with Gasteiger partial charge in [-0.15, -0.1) is 0 Å². The van der Waals surface area contributed by atoms with E-state index in [0.717, 1.165) is 0 Å². The van der Waals surface area contributed by atoms with Gasteiger partial charge < -0.3 is 19.5 Å². The second-order valence-electron chi connectivity index (χ2n) is 5.36. The van der Waals surface area contributed by atoms with Gasteiger partial charge in [-0.3, -0.25) is 14.9 Å². The van der Waals surface area contributed by atoms with E-state index < -0.39 is 16.8 Å². The number of hydrogen-bond donors (Lipinski definition) is 1. The highest BCUT2D eigenvalue weighted by Crippen LogP contribution is 2.44. The predicted octanol–water partition coefficient (Wildman–Crippen LogP) is 1.37. The number of amides is 1. The molecule has 24 heavy (non-hydrogen) atoms. The number of nitrogens with zero attached hydrogens (tertiary/aromatic N) is 1. The van der Waals surface area contributed by atoms with Gasteiger partial charge >= 0.3 is 5.97 Å². The van der Waals surface area contributed by atoms with Crippen molar-refractivity contribution >= 4 is 17.6 Å². The molecule has 0 spiro atoms. The number of nitro benzene ring substituents is 1.